The smallest absolute Gasteiger partial charge is 0.196 e. The fraction of sp³-hybridized carbons (Fsp3) is 0.0870. The molecule has 1 heterocycles. The molecule has 4 rings (SSSR count). The van der Waals surface area contributed by atoms with Crippen LogP contribution in [0.4, 0.5) is 4.39 Å². The summed E-state index contributed by atoms with van der Waals surface area (Å²) in [5.41, 5.74) is 2.24. The summed E-state index contributed by atoms with van der Waals surface area (Å²) in [6.07, 6.45) is 0. The monoisotopic (exact) mass is 419 g/mol. The molecule has 0 spiro atoms. The largest absolute Gasteiger partial charge is 0.497 e. The molecule has 0 aliphatic heterocycles. The van der Waals surface area contributed by atoms with Gasteiger partial charge in [-0.05, 0) is 60.7 Å². The number of benzene rings is 3. The second kappa shape index (κ2) is 8.92. The molecular formula is C23H18FN3O2S. The third-order valence-electron chi connectivity index (χ3n) is 4.49. The van der Waals surface area contributed by atoms with Gasteiger partial charge in [-0.15, -0.1) is 10.2 Å². The SMILES string of the molecule is COc1ccc(-c2nnc(SCC(=O)c3ccc(F)cc3)n2-c2ccccc2)cc1. The van der Waals surface area contributed by atoms with Crippen LogP contribution in [0.1, 0.15) is 10.4 Å². The summed E-state index contributed by atoms with van der Waals surface area (Å²) in [6.45, 7) is 0. The lowest BCUT2D eigenvalue weighted by atomic mass is 10.1. The Morgan fingerprint density at radius 1 is 0.967 bits per heavy atom. The third kappa shape index (κ3) is 4.26. The van der Waals surface area contributed by atoms with Gasteiger partial charge in [-0.25, -0.2) is 4.39 Å². The first-order valence-electron chi connectivity index (χ1n) is 9.22. The number of methoxy groups -OCH3 is 1. The fourth-order valence-corrected chi connectivity index (χ4v) is 3.80. The summed E-state index contributed by atoms with van der Waals surface area (Å²) >= 11 is 1.29. The molecule has 0 atom stereocenters. The van der Waals surface area contributed by atoms with Crippen molar-refractivity contribution >= 4 is 17.5 Å². The molecule has 4 aromatic rings. The van der Waals surface area contributed by atoms with Crippen molar-refractivity contribution in [1.29, 1.82) is 0 Å². The number of ether oxygens (including phenoxy) is 1. The highest BCUT2D eigenvalue weighted by atomic mass is 32.2. The lowest BCUT2D eigenvalue weighted by Crippen LogP contribution is -2.05. The van der Waals surface area contributed by atoms with Crippen molar-refractivity contribution in [3.8, 4) is 22.8 Å². The molecule has 0 unspecified atom stereocenters. The summed E-state index contributed by atoms with van der Waals surface area (Å²) in [4.78, 5) is 12.5. The maximum absolute atomic E-state index is 13.1. The topological polar surface area (TPSA) is 57.0 Å². The van der Waals surface area contributed by atoms with Crippen LogP contribution < -0.4 is 4.74 Å². The number of ketones is 1. The number of rotatable bonds is 7. The zero-order valence-electron chi connectivity index (χ0n) is 16.2. The zero-order chi connectivity index (χ0) is 20.9. The van der Waals surface area contributed by atoms with E-state index in [1.807, 2.05) is 59.2 Å². The zero-order valence-corrected chi connectivity index (χ0v) is 17.0. The standard InChI is InChI=1S/C23H18FN3O2S/c1-29-20-13-9-17(10-14-20)22-25-26-23(27(22)19-5-3-2-4-6-19)30-15-21(28)16-7-11-18(24)12-8-16/h2-14H,15H2,1H3. The molecule has 7 heteroatoms. The lowest BCUT2D eigenvalue weighted by Gasteiger charge is -2.10. The van der Waals surface area contributed by atoms with Crippen molar-refractivity contribution in [2.75, 3.05) is 12.9 Å². The van der Waals surface area contributed by atoms with Crippen LogP contribution in [-0.2, 0) is 0 Å². The molecule has 0 N–H and O–H groups in total. The highest BCUT2D eigenvalue weighted by Gasteiger charge is 2.18. The Kier molecular flexibility index (Phi) is 5.90. The van der Waals surface area contributed by atoms with Crippen LogP contribution in [-0.4, -0.2) is 33.4 Å². The van der Waals surface area contributed by atoms with Crippen LogP contribution in [0, 0.1) is 5.82 Å². The van der Waals surface area contributed by atoms with Crippen LogP contribution in [0.5, 0.6) is 5.75 Å². The summed E-state index contributed by atoms with van der Waals surface area (Å²) < 4.78 is 20.3. The predicted molar refractivity (Wildman–Crippen MR) is 115 cm³/mol. The van der Waals surface area contributed by atoms with Crippen LogP contribution in [0.3, 0.4) is 0 Å². The minimum Gasteiger partial charge on any atom is -0.497 e. The van der Waals surface area contributed by atoms with Gasteiger partial charge in [-0.2, -0.15) is 0 Å². The summed E-state index contributed by atoms with van der Waals surface area (Å²) in [6, 6.07) is 22.8. The number of Topliss-reactive ketones (excluding diaryl/α,β-unsaturated/α-hetero) is 1. The Balaban J connectivity index is 1.65. The van der Waals surface area contributed by atoms with Gasteiger partial charge in [0, 0.05) is 16.8 Å². The number of hydrogen-bond acceptors (Lipinski definition) is 5. The van der Waals surface area contributed by atoms with Crippen molar-refractivity contribution in [2.24, 2.45) is 0 Å². The van der Waals surface area contributed by atoms with Gasteiger partial charge in [-0.1, -0.05) is 30.0 Å². The van der Waals surface area contributed by atoms with Crippen LogP contribution >= 0.6 is 11.8 Å². The van der Waals surface area contributed by atoms with E-state index in [-0.39, 0.29) is 17.4 Å². The molecular weight excluding hydrogens is 401 g/mol. The molecule has 150 valence electrons. The van der Waals surface area contributed by atoms with Gasteiger partial charge >= 0.3 is 0 Å². The molecule has 0 amide bonds. The Hall–Kier alpha value is -3.45. The Labute approximate surface area is 177 Å². The van der Waals surface area contributed by atoms with Crippen LogP contribution in [0.25, 0.3) is 17.1 Å². The minimum atomic E-state index is -0.368. The fourth-order valence-electron chi connectivity index (χ4n) is 2.95. The average Bonchev–Trinajstić information content (AvgIpc) is 3.22. The van der Waals surface area contributed by atoms with Gasteiger partial charge in [0.1, 0.15) is 11.6 Å². The van der Waals surface area contributed by atoms with E-state index < -0.39 is 0 Å². The molecule has 0 aliphatic carbocycles. The van der Waals surface area contributed by atoms with Crippen molar-refractivity contribution in [2.45, 2.75) is 5.16 Å². The van der Waals surface area contributed by atoms with Crippen molar-refractivity contribution in [1.82, 2.24) is 14.8 Å². The number of halogens is 1. The molecule has 3 aromatic carbocycles. The van der Waals surface area contributed by atoms with Crippen LogP contribution in [0.2, 0.25) is 0 Å². The van der Waals surface area contributed by atoms with Crippen molar-refractivity contribution < 1.29 is 13.9 Å². The van der Waals surface area contributed by atoms with E-state index in [1.165, 1.54) is 36.0 Å². The molecule has 0 saturated carbocycles. The molecule has 30 heavy (non-hydrogen) atoms. The number of thioether (sulfide) groups is 1. The number of carbonyl (C=O) groups excluding carboxylic acids is 1. The van der Waals surface area contributed by atoms with Gasteiger partial charge in [0.25, 0.3) is 0 Å². The number of para-hydroxylation sites is 1. The third-order valence-corrected chi connectivity index (χ3v) is 5.42. The average molecular weight is 419 g/mol. The Bertz CT molecular complexity index is 1140. The maximum atomic E-state index is 13.1. The van der Waals surface area contributed by atoms with E-state index >= 15 is 0 Å². The number of hydrogen-bond donors (Lipinski definition) is 0. The van der Waals surface area contributed by atoms with Gasteiger partial charge in [0.05, 0.1) is 12.9 Å². The number of carbonyl (C=O) groups is 1. The van der Waals surface area contributed by atoms with Gasteiger partial charge in [0.2, 0.25) is 0 Å². The molecule has 5 nitrogen and oxygen atoms in total. The lowest BCUT2D eigenvalue weighted by molar-refractivity contribution is 0.102. The molecule has 1 aromatic heterocycles. The molecule has 0 saturated heterocycles. The second-order valence-corrected chi connectivity index (χ2v) is 7.37. The second-order valence-electron chi connectivity index (χ2n) is 6.42. The van der Waals surface area contributed by atoms with Crippen molar-refractivity contribution in [3.05, 3.63) is 90.2 Å². The summed E-state index contributed by atoms with van der Waals surface area (Å²) in [5, 5.41) is 9.29. The first-order chi connectivity index (χ1) is 14.7. The molecule has 0 fully saturated rings. The Morgan fingerprint density at radius 2 is 1.67 bits per heavy atom. The molecule has 0 radical (unpaired) electrons. The first kappa shape index (κ1) is 19.8. The first-order valence-corrected chi connectivity index (χ1v) is 10.2. The van der Waals surface area contributed by atoms with Gasteiger partial charge < -0.3 is 4.74 Å². The van der Waals surface area contributed by atoms with Crippen LogP contribution in [0.15, 0.2) is 84.0 Å². The normalized spacial score (nSPS) is 10.7. The van der Waals surface area contributed by atoms with E-state index in [0.29, 0.717) is 16.5 Å². The maximum Gasteiger partial charge on any atom is 0.196 e. The number of nitrogens with zero attached hydrogens (tertiary/aromatic N) is 3. The van der Waals surface area contributed by atoms with E-state index in [0.717, 1.165) is 17.0 Å². The highest BCUT2D eigenvalue weighted by molar-refractivity contribution is 7.99. The van der Waals surface area contributed by atoms with Gasteiger partial charge in [0.15, 0.2) is 16.8 Å². The molecule has 0 aliphatic rings. The minimum absolute atomic E-state index is 0.103. The number of aromatic nitrogens is 3. The summed E-state index contributed by atoms with van der Waals surface area (Å²) in [5.74, 6) is 1.12. The Morgan fingerprint density at radius 3 is 2.33 bits per heavy atom. The van der Waals surface area contributed by atoms with E-state index in [4.69, 9.17) is 4.74 Å². The van der Waals surface area contributed by atoms with E-state index in [1.54, 1.807) is 7.11 Å². The quantitative estimate of drug-likeness (QED) is 0.310. The highest BCUT2D eigenvalue weighted by Crippen LogP contribution is 2.29. The van der Waals surface area contributed by atoms with Gasteiger partial charge in [-0.3, -0.25) is 9.36 Å². The summed E-state index contributed by atoms with van der Waals surface area (Å²) in [7, 11) is 1.62. The molecule has 0 bridgehead atoms. The predicted octanol–water partition coefficient (Wildman–Crippen LogP) is 5.06. The van der Waals surface area contributed by atoms with E-state index in [2.05, 4.69) is 10.2 Å². The van der Waals surface area contributed by atoms with Crippen molar-refractivity contribution in [3.63, 3.8) is 0 Å². The van der Waals surface area contributed by atoms with E-state index in [9.17, 15) is 9.18 Å².